The Labute approximate surface area is 317 Å². The fourth-order valence-corrected chi connectivity index (χ4v) is 10.4. The van der Waals surface area contributed by atoms with Crippen molar-refractivity contribution >= 4 is 23.7 Å². The van der Waals surface area contributed by atoms with Crippen LogP contribution in [0.15, 0.2) is 46.1 Å². The number of carbonyl (C=O) groups is 4. The van der Waals surface area contributed by atoms with Crippen LogP contribution in [0, 0.1) is 29.1 Å². The van der Waals surface area contributed by atoms with Gasteiger partial charge in [-0.1, -0.05) is 53.9 Å². The third kappa shape index (κ3) is 8.61. The van der Waals surface area contributed by atoms with Crippen molar-refractivity contribution in [2.45, 2.75) is 175 Å². The molecule has 0 unspecified atom stereocenters. The van der Waals surface area contributed by atoms with Crippen molar-refractivity contribution in [3.63, 3.8) is 0 Å². The van der Waals surface area contributed by atoms with Gasteiger partial charge in [-0.05, 0) is 111 Å². The number of ketones is 1. The SMILES string of the molecule is CC(=O)O[C@H]1C/C(C)=C/CC/C(C)=C/C(=O)C[C@@]23C(=O)O[C@H]([C@H]1C(C)C)[C@@H]2CC(C)=C1CC[C@](C)(O)[C@@H]2CC[C@@](C)(O2)[C@H](OC(C)=O)CC/C(C)=C/[C@H]13. The van der Waals surface area contributed by atoms with Crippen LogP contribution in [0.4, 0.5) is 0 Å². The highest BCUT2D eigenvalue weighted by molar-refractivity contribution is 5.96. The van der Waals surface area contributed by atoms with E-state index >= 15 is 0 Å². The predicted octanol–water partition coefficient (Wildman–Crippen LogP) is 8.23. The topological polar surface area (TPSA) is 125 Å². The first kappa shape index (κ1) is 41.1. The van der Waals surface area contributed by atoms with E-state index in [0.29, 0.717) is 57.8 Å². The molecule has 10 atom stereocenters. The molecule has 1 N–H and O–H groups in total. The molecule has 2 saturated heterocycles. The van der Waals surface area contributed by atoms with Gasteiger partial charge in [-0.2, -0.15) is 0 Å². The number of hydrogen-bond donors (Lipinski definition) is 1. The van der Waals surface area contributed by atoms with Crippen LogP contribution in [0.25, 0.3) is 0 Å². The summed E-state index contributed by atoms with van der Waals surface area (Å²) in [6.45, 7) is 19.0. The molecule has 0 saturated carbocycles. The highest BCUT2D eigenvalue weighted by Gasteiger charge is 2.66. The number of fused-ring (bicyclic) bond motifs is 3. The molecule has 9 heteroatoms. The molecule has 2 aliphatic carbocycles. The molecule has 2 fully saturated rings. The summed E-state index contributed by atoms with van der Waals surface area (Å²) in [6.07, 6.45) is 9.77. The van der Waals surface area contributed by atoms with E-state index in [1.165, 1.54) is 13.8 Å². The van der Waals surface area contributed by atoms with Gasteiger partial charge in [0.25, 0.3) is 0 Å². The quantitative estimate of drug-likeness (QED) is 0.173. The Kier molecular flexibility index (Phi) is 12.4. The fraction of sp³-hybridized carbons (Fsp3) is 0.727. The van der Waals surface area contributed by atoms with Crippen LogP contribution in [0.5, 0.6) is 0 Å². The average molecular weight is 737 g/mol. The smallest absolute Gasteiger partial charge is 0.314 e. The van der Waals surface area contributed by atoms with Gasteiger partial charge in [0, 0.05) is 44.4 Å². The van der Waals surface area contributed by atoms with Crippen LogP contribution < -0.4 is 0 Å². The van der Waals surface area contributed by atoms with Crippen molar-refractivity contribution in [2.24, 2.45) is 29.1 Å². The zero-order chi connectivity index (χ0) is 39.0. The van der Waals surface area contributed by atoms with E-state index in [9.17, 15) is 24.3 Å². The summed E-state index contributed by atoms with van der Waals surface area (Å²) in [5, 5.41) is 12.0. The molecular weight excluding hydrogens is 672 g/mol. The third-order valence-corrected chi connectivity index (χ3v) is 13.2. The minimum atomic E-state index is -1.21. The monoisotopic (exact) mass is 736 g/mol. The van der Waals surface area contributed by atoms with E-state index in [1.807, 2.05) is 34.6 Å². The molecule has 294 valence electrons. The Bertz CT molecular complexity index is 1580. The Morgan fingerprint density at radius 3 is 2.26 bits per heavy atom. The molecule has 5 rings (SSSR count). The molecule has 0 aromatic rings. The van der Waals surface area contributed by atoms with Crippen molar-refractivity contribution in [2.75, 3.05) is 0 Å². The lowest BCUT2D eigenvalue weighted by Crippen LogP contribution is -2.49. The van der Waals surface area contributed by atoms with Crippen LogP contribution in [0.3, 0.4) is 0 Å². The number of allylic oxidation sites excluding steroid dienone is 7. The van der Waals surface area contributed by atoms with Crippen LogP contribution in [0.1, 0.15) is 140 Å². The molecule has 4 bridgehead atoms. The summed E-state index contributed by atoms with van der Waals surface area (Å²) in [5.41, 5.74) is 2.10. The molecule has 3 aliphatic heterocycles. The lowest BCUT2D eigenvalue weighted by Gasteiger charge is -2.46. The van der Waals surface area contributed by atoms with Crippen molar-refractivity contribution in [3.8, 4) is 0 Å². The number of hydrogen-bond acceptors (Lipinski definition) is 9. The van der Waals surface area contributed by atoms with Gasteiger partial charge in [0.15, 0.2) is 5.78 Å². The zero-order valence-electron chi connectivity index (χ0n) is 33.8. The second-order valence-electron chi connectivity index (χ2n) is 17.9. The van der Waals surface area contributed by atoms with Gasteiger partial charge in [0.05, 0.1) is 17.1 Å². The first-order valence-corrected chi connectivity index (χ1v) is 19.9. The second kappa shape index (κ2) is 16.0. The Morgan fingerprint density at radius 1 is 0.906 bits per heavy atom. The Morgan fingerprint density at radius 2 is 1.60 bits per heavy atom. The lowest BCUT2D eigenvalue weighted by atomic mass is 9.53. The van der Waals surface area contributed by atoms with E-state index in [2.05, 4.69) is 32.9 Å². The van der Waals surface area contributed by atoms with Gasteiger partial charge in [0.2, 0.25) is 0 Å². The average Bonchev–Trinajstić information content (AvgIpc) is 3.56. The van der Waals surface area contributed by atoms with E-state index < -0.39 is 47.0 Å². The predicted molar refractivity (Wildman–Crippen MR) is 202 cm³/mol. The van der Waals surface area contributed by atoms with Gasteiger partial charge in [-0.15, -0.1) is 0 Å². The molecule has 9 nitrogen and oxygen atoms in total. The summed E-state index contributed by atoms with van der Waals surface area (Å²) < 4.78 is 25.2. The molecule has 3 heterocycles. The first-order chi connectivity index (χ1) is 24.8. The minimum absolute atomic E-state index is 0.000361. The summed E-state index contributed by atoms with van der Waals surface area (Å²) in [6, 6.07) is 0. The number of aliphatic hydroxyl groups is 1. The van der Waals surface area contributed by atoms with Gasteiger partial charge in [-0.3, -0.25) is 19.2 Å². The van der Waals surface area contributed by atoms with E-state index in [0.717, 1.165) is 34.3 Å². The van der Waals surface area contributed by atoms with Crippen molar-refractivity contribution in [3.05, 3.63) is 46.1 Å². The summed E-state index contributed by atoms with van der Waals surface area (Å²) in [5.74, 6) is -2.37. The number of esters is 3. The third-order valence-electron chi connectivity index (χ3n) is 13.2. The van der Waals surface area contributed by atoms with Gasteiger partial charge >= 0.3 is 17.9 Å². The highest BCUT2D eigenvalue weighted by Crippen LogP contribution is 2.61. The molecule has 0 amide bonds. The molecule has 5 aliphatic rings. The van der Waals surface area contributed by atoms with Crippen molar-refractivity contribution in [1.29, 1.82) is 0 Å². The zero-order valence-corrected chi connectivity index (χ0v) is 33.8. The van der Waals surface area contributed by atoms with Crippen molar-refractivity contribution < 1.29 is 43.2 Å². The Hall–Kier alpha value is -3.04. The molecule has 0 radical (unpaired) electrons. The minimum Gasteiger partial charge on any atom is -0.462 e. The van der Waals surface area contributed by atoms with Gasteiger partial charge < -0.3 is 24.1 Å². The summed E-state index contributed by atoms with van der Waals surface area (Å²) in [4.78, 5) is 54.2. The first-order valence-electron chi connectivity index (χ1n) is 19.9. The van der Waals surface area contributed by atoms with Crippen LogP contribution in [0.2, 0.25) is 0 Å². The second-order valence-corrected chi connectivity index (χ2v) is 17.9. The number of carbonyl (C=O) groups excluding carboxylic acids is 4. The Balaban J connectivity index is 1.70. The normalized spacial score (nSPS) is 41.7. The molecular formula is C44H64O9. The van der Waals surface area contributed by atoms with E-state index in [4.69, 9.17) is 18.9 Å². The molecule has 0 aromatic carbocycles. The summed E-state index contributed by atoms with van der Waals surface area (Å²) >= 11 is 0. The fourth-order valence-electron chi connectivity index (χ4n) is 10.4. The number of rotatable bonds is 3. The maximum atomic E-state index is 15.0. The largest absolute Gasteiger partial charge is 0.462 e. The van der Waals surface area contributed by atoms with E-state index in [1.54, 1.807) is 6.08 Å². The van der Waals surface area contributed by atoms with Crippen LogP contribution >= 0.6 is 0 Å². The van der Waals surface area contributed by atoms with Crippen LogP contribution in [-0.2, 0) is 38.1 Å². The molecule has 53 heavy (non-hydrogen) atoms. The summed E-state index contributed by atoms with van der Waals surface area (Å²) in [7, 11) is 0. The standard InChI is InChI=1S/C44H64O9/c1-25(2)39-36(50-30(7)45)22-27(4)13-11-12-26(3)20-32(47)24-44-34-21-28(5)14-15-38(51-31(8)46)43(10)19-17-37(53-43)42(9,49)18-16-33(34)29(6)23-35(44)40(39)52-41(44)48/h13,20-21,25,34-40,49H,11-12,14-19,22-24H2,1-10H3/b26-20+,27-13+,28-21+/t34-,35+,36+,37+,38-,39+,40+,42+,43-,44+/m1/s1. The maximum absolute atomic E-state index is 15.0. The lowest BCUT2D eigenvalue weighted by molar-refractivity contribution is -0.183. The van der Waals surface area contributed by atoms with Crippen LogP contribution in [-0.4, -0.2) is 64.4 Å². The molecule has 0 aromatic heterocycles. The van der Waals surface area contributed by atoms with E-state index in [-0.39, 0.29) is 47.9 Å². The highest BCUT2D eigenvalue weighted by atomic mass is 16.6. The van der Waals surface area contributed by atoms with Gasteiger partial charge in [0.1, 0.15) is 23.9 Å². The number of ether oxygens (including phenoxy) is 4. The van der Waals surface area contributed by atoms with Crippen molar-refractivity contribution in [1.82, 2.24) is 0 Å². The maximum Gasteiger partial charge on any atom is 0.314 e. The van der Waals surface area contributed by atoms with Gasteiger partial charge in [-0.25, -0.2) is 0 Å². The molecule has 0 spiro atoms.